The largest absolute Gasteiger partial charge is 0.435 e. The zero-order valence-electron chi connectivity index (χ0n) is 18.5. The highest BCUT2D eigenvalue weighted by atomic mass is 79.9. The average Bonchev–Trinajstić information content (AvgIpc) is 3.23. The van der Waals surface area contributed by atoms with Gasteiger partial charge in [0.15, 0.2) is 5.60 Å². The van der Waals surface area contributed by atoms with Crippen LogP contribution in [0.5, 0.6) is 0 Å². The van der Waals surface area contributed by atoms with Crippen molar-refractivity contribution in [2.75, 3.05) is 0 Å². The first kappa shape index (κ1) is 23.0. The highest BCUT2D eigenvalue weighted by Crippen LogP contribution is 2.41. The lowest BCUT2D eigenvalue weighted by Crippen LogP contribution is -2.52. The summed E-state index contributed by atoms with van der Waals surface area (Å²) in [6.45, 7) is 2.00. The van der Waals surface area contributed by atoms with Gasteiger partial charge < -0.3 is 10.1 Å². The van der Waals surface area contributed by atoms with Gasteiger partial charge >= 0.3 is 6.09 Å². The summed E-state index contributed by atoms with van der Waals surface area (Å²) in [6, 6.07) is 7.55. The highest BCUT2D eigenvalue weighted by molar-refractivity contribution is 9.10. The van der Waals surface area contributed by atoms with Gasteiger partial charge in [0.1, 0.15) is 11.8 Å². The Morgan fingerprint density at radius 2 is 2.21 bits per heavy atom. The second-order valence-corrected chi connectivity index (χ2v) is 9.48. The van der Waals surface area contributed by atoms with Crippen LogP contribution >= 0.6 is 15.9 Å². The number of halogens is 1. The van der Waals surface area contributed by atoms with E-state index in [-0.39, 0.29) is 11.9 Å². The number of nitrogens with zero attached hydrogens (tertiary/aromatic N) is 4. The molecule has 1 fully saturated rings. The van der Waals surface area contributed by atoms with Crippen molar-refractivity contribution >= 4 is 33.6 Å². The van der Waals surface area contributed by atoms with Crippen LogP contribution in [0, 0.1) is 17.2 Å². The molecule has 2 amide bonds. The van der Waals surface area contributed by atoms with E-state index in [2.05, 4.69) is 42.9 Å². The lowest BCUT2D eigenvalue weighted by molar-refractivity contribution is 0.0154. The zero-order chi connectivity index (χ0) is 23.6. The summed E-state index contributed by atoms with van der Waals surface area (Å²) < 4.78 is 8.06. The molecule has 0 radical (unpaired) electrons. The van der Waals surface area contributed by atoms with Gasteiger partial charge in [-0.1, -0.05) is 12.1 Å². The second kappa shape index (κ2) is 9.35. The maximum absolute atomic E-state index is 12.4. The van der Waals surface area contributed by atoms with E-state index >= 15 is 0 Å². The number of carbonyl (C=O) groups excluding carboxylic acids is 2. The van der Waals surface area contributed by atoms with Crippen LogP contribution < -0.4 is 10.7 Å². The Kier molecular flexibility index (Phi) is 6.51. The first-order valence-corrected chi connectivity index (χ1v) is 11.7. The topological polar surface area (TPSA) is 121 Å². The number of nitriles is 1. The number of rotatable bonds is 5. The predicted octanol–water partition coefficient (Wildman–Crippen LogP) is 3.64. The summed E-state index contributed by atoms with van der Waals surface area (Å²) in [7, 11) is 1.78. The van der Waals surface area contributed by atoms with Crippen molar-refractivity contribution in [1.29, 1.82) is 5.26 Å². The SMILES string of the molecule is C[C@@H](CC1CCC2(CC1)OC(=O)NN=C2c1cccc(C#N)c1Br)NC(=O)c1cnn(C)c1. The third-order valence-electron chi connectivity index (χ3n) is 6.30. The average molecular weight is 513 g/mol. The molecule has 2 N–H and O–H groups in total. The fourth-order valence-electron chi connectivity index (χ4n) is 4.68. The van der Waals surface area contributed by atoms with Crippen molar-refractivity contribution in [2.24, 2.45) is 18.1 Å². The van der Waals surface area contributed by atoms with Gasteiger partial charge in [-0.25, -0.2) is 10.2 Å². The number of aromatic nitrogens is 2. The Labute approximate surface area is 200 Å². The molecule has 9 nitrogen and oxygen atoms in total. The quantitative estimate of drug-likeness (QED) is 0.633. The Morgan fingerprint density at radius 3 is 2.88 bits per heavy atom. The fourth-order valence-corrected chi connectivity index (χ4v) is 5.22. The molecule has 10 heteroatoms. The van der Waals surface area contributed by atoms with Gasteiger partial charge in [-0.2, -0.15) is 15.5 Å². The minimum atomic E-state index is -0.836. The van der Waals surface area contributed by atoms with Crippen LogP contribution in [-0.4, -0.2) is 39.1 Å². The molecule has 0 saturated heterocycles. The van der Waals surface area contributed by atoms with Gasteiger partial charge in [0.25, 0.3) is 5.91 Å². The van der Waals surface area contributed by atoms with Crippen LogP contribution in [-0.2, 0) is 11.8 Å². The van der Waals surface area contributed by atoms with Gasteiger partial charge in [0.05, 0.1) is 17.3 Å². The summed E-state index contributed by atoms with van der Waals surface area (Å²) in [5.41, 5.74) is 3.99. The Morgan fingerprint density at radius 1 is 1.45 bits per heavy atom. The molecule has 4 rings (SSSR count). The number of ether oxygens (including phenoxy) is 1. The normalized spacial score (nSPS) is 23.2. The van der Waals surface area contributed by atoms with Crippen molar-refractivity contribution in [3.63, 3.8) is 0 Å². The van der Waals surface area contributed by atoms with E-state index < -0.39 is 11.7 Å². The number of hydrazone groups is 1. The molecule has 1 spiro atoms. The summed E-state index contributed by atoms with van der Waals surface area (Å²) in [5.74, 6) is 0.246. The fraction of sp³-hybridized carbons (Fsp3) is 0.435. The molecular formula is C23H25BrN6O3. The van der Waals surface area contributed by atoms with E-state index in [0.29, 0.717) is 40.1 Å². The Balaban J connectivity index is 1.44. The number of aryl methyl sites for hydroxylation is 1. The van der Waals surface area contributed by atoms with Gasteiger partial charge in [-0.15, -0.1) is 0 Å². The van der Waals surface area contributed by atoms with E-state index in [4.69, 9.17) is 4.74 Å². The number of amides is 2. The monoisotopic (exact) mass is 512 g/mol. The predicted molar refractivity (Wildman–Crippen MR) is 124 cm³/mol. The molecule has 2 heterocycles. The van der Waals surface area contributed by atoms with Crippen molar-refractivity contribution in [3.05, 3.63) is 51.8 Å². The van der Waals surface area contributed by atoms with Crippen LogP contribution in [0.25, 0.3) is 0 Å². The van der Waals surface area contributed by atoms with Gasteiger partial charge in [-0.05, 0) is 66.9 Å². The second-order valence-electron chi connectivity index (χ2n) is 8.69. The molecular weight excluding hydrogens is 488 g/mol. The smallest absolute Gasteiger partial charge is 0.428 e. The van der Waals surface area contributed by atoms with Gasteiger partial charge in [-0.3, -0.25) is 9.48 Å². The standard InChI is InChI=1S/C23H25BrN6O3/c1-14(27-21(31)17-12-26-30(2)13-17)10-15-6-8-23(9-7-15)20(28-29-22(32)33-23)18-5-3-4-16(11-25)19(18)24/h3-5,12-15H,6-10H2,1-2H3,(H,27,31)(H,29,32)/t14-,15?,23?/m0/s1. The van der Waals surface area contributed by atoms with Gasteiger partial charge in [0, 0.05) is 29.3 Å². The van der Waals surface area contributed by atoms with Crippen LogP contribution in [0.3, 0.4) is 0 Å². The highest BCUT2D eigenvalue weighted by Gasteiger charge is 2.47. The first-order valence-electron chi connectivity index (χ1n) is 10.9. The maximum atomic E-state index is 12.4. The molecule has 1 aromatic carbocycles. The van der Waals surface area contributed by atoms with Crippen LogP contribution in [0.1, 0.15) is 60.5 Å². The summed E-state index contributed by atoms with van der Waals surface area (Å²) >= 11 is 3.51. The van der Waals surface area contributed by atoms with Crippen molar-refractivity contribution in [3.8, 4) is 6.07 Å². The molecule has 2 aliphatic rings. The molecule has 172 valence electrons. The van der Waals surface area contributed by atoms with Crippen LogP contribution in [0.2, 0.25) is 0 Å². The third-order valence-corrected chi connectivity index (χ3v) is 7.15. The maximum Gasteiger partial charge on any atom is 0.428 e. The first-order chi connectivity index (χ1) is 15.8. The number of nitrogens with one attached hydrogen (secondary N) is 2. The summed E-state index contributed by atoms with van der Waals surface area (Å²) in [6.07, 6.45) is 6.41. The van der Waals surface area contributed by atoms with Crippen molar-refractivity contribution in [2.45, 2.75) is 50.7 Å². The molecule has 33 heavy (non-hydrogen) atoms. The van der Waals surface area contributed by atoms with E-state index in [1.165, 1.54) is 0 Å². The molecule has 1 saturated carbocycles. The summed E-state index contributed by atoms with van der Waals surface area (Å²) in [5, 5.41) is 20.8. The Hall–Kier alpha value is -3.19. The van der Waals surface area contributed by atoms with E-state index in [9.17, 15) is 14.9 Å². The minimum absolute atomic E-state index is 0.00178. The number of benzene rings is 1. The molecule has 2 aromatic rings. The van der Waals surface area contributed by atoms with E-state index in [1.807, 2.05) is 13.0 Å². The zero-order valence-corrected chi connectivity index (χ0v) is 20.1. The number of carbonyl (C=O) groups is 2. The lowest BCUT2D eigenvalue weighted by atomic mass is 9.72. The number of hydrogen-bond donors (Lipinski definition) is 2. The molecule has 0 bridgehead atoms. The van der Waals surface area contributed by atoms with E-state index in [1.54, 1.807) is 36.3 Å². The Bertz CT molecular complexity index is 1140. The third kappa shape index (κ3) is 4.78. The lowest BCUT2D eigenvalue weighted by Gasteiger charge is -2.42. The van der Waals surface area contributed by atoms with Crippen LogP contribution in [0.4, 0.5) is 4.79 Å². The van der Waals surface area contributed by atoms with Gasteiger partial charge in [0.2, 0.25) is 0 Å². The molecule has 1 aliphatic heterocycles. The molecule has 1 atom stereocenters. The molecule has 1 aromatic heterocycles. The van der Waals surface area contributed by atoms with Crippen LogP contribution in [0.15, 0.2) is 40.2 Å². The molecule has 1 aliphatic carbocycles. The number of hydrogen-bond acceptors (Lipinski definition) is 6. The molecule has 0 unspecified atom stereocenters. The van der Waals surface area contributed by atoms with E-state index in [0.717, 1.165) is 24.8 Å². The van der Waals surface area contributed by atoms with Crippen molar-refractivity contribution < 1.29 is 14.3 Å². The minimum Gasteiger partial charge on any atom is -0.435 e. The van der Waals surface area contributed by atoms with Crippen molar-refractivity contribution in [1.82, 2.24) is 20.5 Å². The summed E-state index contributed by atoms with van der Waals surface area (Å²) in [4.78, 5) is 24.5.